The van der Waals surface area contributed by atoms with E-state index in [1.54, 1.807) is 36.9 Å². The standard InChI is InChI=1S/C21H17N5O/c27-21(25-13-15-4-2-10-22-12-15)17-8-9-19(24-14-17)26-18-7-1-5-16-6-3-11-23-20(16)18/h1-12,14H,13H2,(H,24,26)(H,25,27). The Balaban J connectivity index is 1.45. The molecule has 1 aromatic carbocycles. The topological polar surface area (TPSA) is 79.8 Å². The summed E-state index contributed by atoms with van der Waals surface area (Å²) >= 11 is 0. The molecule has 0 radical (unpaired) electrons. The molecular formula is C21H17N5O. The second kappa shape index (κ2) is 7.61. The molecule has 27 heavy (non-hydrogen) atoms. The molecule has 3 heterocycles. The van der Waals surface area contributed by atoms with E-state index in [4.69, 9.17) is 0 Å². The van der Waals surface area contributed by atoms with E-state index in [2.05, 4.69) is 25.6 Å². The summed E-state index contributed by atoms with van der Waals surface area (Å²) < 4.78 is 0. The highest BCUT2D eigenvalue weighted by Crippen LogP contribution is 2.23. The quantitative estimate of drug-likeness (QED) is 0.571. The van der Waals surface area contributed by atoms with Crippen LogP contribution in [-0.4, -0.2) is 20.9 Å². The molecule has 6 nitrogen and oxygen atoms in total. The van der Waals surface area contributed by atoms with Gasteiger partial charge in [-0.3, -0.25) is 14.8 Å². The third-order valence-corrected chi connectivity index (χ3v) is 4.10. The van der Waals surface area contributed by atoms with Crippen LogP contribution in [0.5, 0.6) is 0 Å². The van der Waals surface area contributed by atoms with Crippen molar-refractivity contribution in [3.8, 4) is 0 Å². The van der Waals surface area contributed by atoms with Gasteiger partial charge < -0.3 is 10.6 Å². The largest absolute Gasteiger partial charge is 0.348 e. The van der Waals surface area contributed by atoms with Crippen LogP contribution < -0.4 is 10.6 Å². The van der Waals surface area contributed by atoms with Gasteiger partial charge in [-0.15, -0.1) is 0 Å². The molecule has 2 N–H and O–H groups in total. The lowest BCUT2D eigenvalue weighted by atomic mass is 10.2. The fraction of sp³-hybridized carbons (Fsp3) is 0.0476. The number of rotatable bonds is 5. The van der Waals surface area contributed by atoms with Gasteiger partial charge in [0, 0.05) is 36.7 Å². The summed E-state index contributed by atoms with van der Waals surface area (Å²) in [6, 6.07) is 17.1. The van der Waals surface area contributed by atoms with E-state index in [0.717, 1.165) is 22.2 Å². The minimum Gasteiger partial charge on any atom is -0.348 e. The smallest absolute Gasteiger partial charge is 0.253 e. The number of hydrogen-bond donors (Lipinski definition) is 2. The molecule has 0 spiro atoms. The third-order valence-electron chi connectivity index (χ3n) is 4.10. The molecule has 1 amide bonds. The number of para-hydroxylation sites is 1. The monoisotopic (exact) mass is 355 g/mol. The fourth-order valence-electron chi connectivity index (χ4n) is 2.73. The Kier molecular flexibility index (Phi) is 4.70. The Hall–Kier alpha value is -3.80. The summed E-state index contributed by atoms with van der Waals surface area (Å²) in [7, 11) is 0. The van der Waals surface area contributed by atoms with Crippen molar-refractivity contribution in [1.29, 1.82) is 0 Å². The maximum absolute atomic E-state index is 12.3. The number of fused-ring (bicyclic) bond motifs is 1. The van der Waals surface area contributed by atoms with Gasteiger partial charge in [-0.05, 0) is 35.9 Å². The van der Waals surface area contributed by atoms with E-state index in [9.17, 15) is 4.79 Å². The number of aromatic nitrogens is 3. The summed E-state index contributed by atoms with van der Waals surface area (Å²) in [4.78, 5) is 25.1. The molecule has 132 valence electrons. The Bertz CT molecular complexity index is 1060. The Morgan fingerprint density at radius 2 is 1.78 bits per heavy atom. The highest BCUT2D eigenvalue weighted by atomic mass is 16.1. The van der Waals surface area contributed by atoms with E-state index in [1.807, 2.05) is 42.5 Å². The first-order valence-electron chi connectivity index (χ1n) is 8.53. The maximum Gasteiger partial charge on any atom is 0.253 e. The Morgan fingerprint density at radius 1 is 0.889 bits per heavy atom. The highest BCUT2D eigenvalue weighted by Gasteiger charge is 2.07. The van der Waals surface area contributed by atoms with Crippen LogP contribution in [0.15, 0.2) is 79.4 Å². The Morgan fingerprint density at radius 3 is 2.59 bits per heavy atom. The van der Waals surface area contributed by atoms with E-state index in [1.165, 1.54) is 0 Å². The number of carbonyl (C=O) groups is 1. The summed E-state index contributed by atoms with van der Waals surface area (Å²) in [5.41, 5.74) is 3.19. The van der Waals surface area contributed by atoms with Crippen molar-refractivity contribution >= 4 is 28.3 Å². The zero-order valence-electron chi connectivity index (χ0n) is 14.5. The normalized spacial score (nSPS) is 10.5. The third kappa shape index (κ3) is 3.90. The lowest BCUT2D eigenvalue weighted by molar-refractivity contribution is 0.0950. The van der Waals surface area contributed by atoms with Crippen molar-refractivity contribution < 1.29 is 4.79 Å². The first-order valence-corrected chi connectivity index (χ1v) is 8.53. The van der Waals surface area contributed by atoms with Crippen molar-refractivity contribution in [3.05, 3.63) is 90.5 Å². The predicted octanol–water partition coefficient (Wildman–Crippen LogP) is 3.70. The van der Waals surface area contributed by atoms with Gasteiger partial charge >= 0.3 is 0 Å². The predicted molar refractivity (Wildman–Crippen MR) is 105 cm³/mol. The lowest BCUT2D eigenvalue weighted by Gasteiger charge is -2.09. The molecule has 0 aliphatic carbocycles. The summed E-state index contributed by atoms with van der Waals surface area (Å²) in [5.74, 6) is 0.474. The van der Waals surface area contributed by atoms with Gasteiger partial charge in [0.2, 0.25) is 0 Å². The summed E-state index contributed by atoms with van der Waals surface area (Å²) in [5, 5.41) is 7.17. The molecule has 4 rings (SSSR count). The second-order valence-electron chi connectivity index (χ2n) is 5.98. The minimum absolute atomic E-state index is 0.176. The van der Waals surface area contributed by atoms with Crippen molar-refractivity contribution in [2.45, 2.75) is 6.54 Å². The average molecular weight is 355 g/mol. The number of nitrogens with one attached hydrogen (secondary N) is 2. The fourth-order valence-corrected chi connectivity index (χ4v) is 2.73. The van der Waals surface area contributed by atoms with Crippen LogP contribution in [0.2, 0.25) is 0 Å². The van der Waals surface area contributed by atoms with Crippen LogP contribution in [0, 0.1) is 0 Å². The van der Waals surface area contributed by atoms with Gasteiger partial charge in [0.15, 0.2) is 0 Å². The number of benzene rings is 1. The van der Waals surface area contributed by atoms with E-state index >= 15 is 0 Å². The van der Waals surface area contributed by atoms with E-state index in [-0.39, 0.29) is 5.91 Å². The molecule has 0 unspecified atom stereocenters. The van der Waals surface area contributed by atoms with Crippen LogP contribution in [0.4, 0.5) is 11.5 Å². The number of anilines is 2. The van der Waals surface area contributed by atoms with E-state index in [0.29, 0.717) is 17.9 Å². The van der Waals surface area contributed by atoms with Crippen LogP contribution in [0.1, 0.15) is 15.9 Å². The Labute approximate surface area is 156 Å². The van der Waals surface area contributed by atoms with Gasteiger partial charge in [-0.1, -0.05) is 24.3 Å². The number of nitrogens with zero attached hydrogens (tertiary/aromatic N) is 3. The zero-order chi connectivity index (χ0) is 18.5. The molecule has 6 heteroatoms. The molecular weight excluding hydrogens is 338 g/mol. The van der Waals surface area contributed by atoms with Crippen molar-refractivity contribution in [2.75, 3.05) is 5.32 Å². The number of amides is 1. The van der Waals surface area contributed by atoms with Crippen LogP contribution in [-0.2, 0) is 6.54 Å². The van der Waals surface area contributed by atoms with Gasteiger partial charge in [-0.25, -0.2) is 4.98 Å². The zero-order valence-corrected chi connectivity index (χ0v) is 14.5. The molecule has 0 saturated carbocycles. The molecule has 0 aliphatic rings. The number of hydrogen-bond acceptors (Lipinski definition) is 5. The van der Waals surface area contributed by atoms with Crippen LogP contribution in [0.25, 0.3) is 10.9 Å². The first-order chi connectivity index (χ1) is 13.3. The summed E-state index contributed by atoms with van der Waals surface area (Å²) in [6.45, 7) is 0.425. The number of carbonyl (C=O) groups excluding carboxylic acids is 1. The summed E-state index contributed by atoms with van der Waals surface area (Å²) in [6.07, 6.45) is 6.74. The van der Waals surface area contributed by atoms with Crippen molar-refractivity contribution in [2.24, 2.45) is 0 Å². The van der Waals surface area contributed by atoms with Gasteiger partial charge in [0.25, 0.3) is 5.91 Å². The minimum atomic E-state index is -0.176. The molecule has 4 aromatic rings. The number of pyridine rings is 3. The van der Waals surface area contributed by atoms with Crippen LogP contribution >= 0.6 is 0 Å². The first kappa shape index (κ1) is 16.7. The SMILES string of the molecule is O=C(NCc1cccnc1)c1ccc(Nc2cccc3cccnc23)nc1. The van der Waals surface area contributed by atoms with Crippen molar-refractivity contribution in [3.63, 3.8) is 0 Å². The lowest BCUT2D eigenvalue weighted by Crippen LogP contribution is -2.22. The average Bonchev–Trinajstić information content (AvgIpc) is 2.74. The van der Waals surface area contributed by atoms with Gasteiger partial charge in [-0.2, -0.15) is 0 Å². The molecule has 0 bridgehead atoms. The maximum atomic E-state index is 12.3. The molecule has 0 fully saturated rings. The molecule has 0 saturated heterocycles. The highest BCUT2D eigenvalue weighted by molar-refractivity contribution is 5.94. The molecule has 0 aliphatic heterocycles. The van der Waals surface area contributed by atoms with E-state index < -0.39 is 0 Å². The molecule has 3 aromatic heterocycles. The van der Waals surface area contributed by atoms with Gasteiger partial charge in [0.05, 0.1) is 16.8 Å². The molecule has 0 atom stereocenters. The second-order valence-corrected chi connectivity index (χ2v) is 5.98. The van der Waals surface area contributed by atoms with Crippen molar-refractivity contribution in [1.82, 2.24) is 20.3 Å². The van der Waals surface area contributed by atoms with Gasteiger partial charge in [0.1, 0.15) is 5.82 Å². The van der Waals surface area contributed by atoms with Crippen LogP contribution in [0.3, 0.4) is 0 Å².